The van der Waals surface area contributed by atoms with Crippen LogP contribution in [0.25, 0.3) is 142 Å². The molecule has 14 aromatic rings. The van der Waals surface area contributed by atoms with Gasteiger partial charge in [-0.15, -0.1) is 0 Å². The first-order chi connectivity index (χ1) is 34.7. The molecule has 0 fully saturated rings. The lowest BCUT2D eigenvalue weighted by atomic mass is 9.87. The molecule has 324 valence electrons. The van der Waals surface area contributed by atoms with Gasteiger partial charge in [-0.05, 0) is 191 Å². The molecular weight excluding hydrogens is 841 g/mol. The molecule has 0 aromatic heterocycles. The summed E-state index contributed by atoms with van der Waals surface area (Å²) in [7, 11) is 0. The van der Waals surface area contributed by atoms with E-state index in [1.165, 1.54) is 142 Å². The van der Waals surface area contributed by atoms with Gasteiger partial charge in [0.1, 0.15) is 0 Å². The lowest BCUT2D eigenvalue weighted by Crippen LogP contribution is -1.90. The topological polar surface area (TPSA) is 0 Å². The molecule has 0 saturated heterocycles. The summed E-state index contributed by atoms with van der Waals surface area (Å²) in [5.41, 5.74) is 14.6. The van der Waals surface area contributed by atoms with Gasteiger partial charge in [-0.2, -0.15) is 0 Å². The fourth-order valence-electron chi connectivity index (χ4n) is 11.4. The Morgan fingerprint density at radius 1 is 0.143 bits per heavy atom. The third-order valence-corrected chi connectivity index (χ3v) is 14.8. The fourth-order valence-corrected chi connectivity index (χ4v) is 11.4. The largest absolute Gasteiger partial charge is 0.0616 e. The Kier molecular flexibility index (Phi) is 9.32. The van der Waals surface area contributed by atoms with E-state index >= 15 is 0 Å². The van der Waals surface area contributed by atoms with E-state index in [2.05, 4.69) is 267 Å². The van der Waals surface area contributed by atoms with Crippen LogP contribution < -0.4 is 0 Å². The number of benzene rings is 14. The summed E-state index contributed by atoms with van der Waals surface area (Å²) in [6.45, 7) is 0. The molecule has 0 aliphatic heterocycles. The van der Waals surface area contributed by atoms with Crippen LogP contribution in [0.5, 0.6) is 0 Å². The molecule has 14 aromatic carbocycles. The van der Waals surface area contributed by atoms with Crippen molar-refractivity contribution in [1.82, 2.24) is 0 Å². The standard InChI is InChI=1S/C70H44/c1-4-25-58-45(15-1)18-14-32-59(58)50-21-13-24-56(40-50)70-62-36-35-48(46-19-11-22-51(37-46)67-43-53-16-2-5-26-60(53)63-28-7-9-30-65(63)67)39-57(62)41-55-34-33-49(42-69(55)70)47-20-12-23-52(38-47)68-44-54-17-3-6-27-61(54)64-29-8-10-31-66(64)68/h1-44H. The molecule has 0 radical (unpaired) electrons. The zero-order chi connectivity index (χ0) is 46.1. The Morgan fingerprint density at radius 2 is 0.557 bits per heavy atom. The van der Waals surface area contributed by atoms with Crippen molar-refractivity contribution in [3.63, 3.8) is 0 Å². The Hall–Kier alpha value is -9.10. The second-order valence-corrected chi connectivity index (χ2v) is 18.8. The molecule has 0 saturated carbocycles. The minimum absolute atomic E-state index is 1.19. The van der Waals surface area contributed by atoms with Crippen LogP contribution in [0.1, 0.15) is 0 Å². The predicted octanol–water partition coefficient (Wildman–Crippen LogP) is 19.8. The van der Waals surface area contributed by atoms with Crippen LogP contribution in [0, 0.1) is 0 Å². The van der Waals surface area contributed by atoms with Crippen LogP contribution in [0.3, 0.4) is 0 Å². The molecule has 0 nitrogen and oxygen atoms in total. The van der Waals surface area contributed by atoms with Crippen molar-refractivity contribution in [1.29, 1.82) is 0 Å². The zero-order valence-electron chi connectivity index (χ0n) is 38.4. The average molecular weight is 885 g/mol. The Bertz CT molecular complexity index is 4410. The van der Waals surface area contributed by atoms with Crippen molar-refractivity contribution in [3.8, 4) is 66.8 Å². The average Bonchev–Trinajstić information content (AvgIpc) is 3.43. The summed E-state index contributed by atoms with van der Waals surface area (Å²) in [6, 6.07) is 99.1. The minimum atomic E-state index is 1.19. The highest BCUT2D eigenvalue weighted by Gasteiger charge is 2.17. The lowest BCUT2D eigenvalue weighted by molar-refractivity contribution is 1.61. The molecule has 0 heterocycles. The SMILES string of the molecule is c1cc(-c2cccc3ccccc23)cc(-c2c3ccc(-c4cccc(-c5cc6ccccc6c6ccccc56)c4)cc3cc3ccc(-c4cccc(-c5cc6ccccc6c6ccccc56)c4)cc23)c1. The van der Waals surface area contributed by atoms with Gasteiger partial charge in [0.15, 0.2) is 0 Å². The van der Waals surface area contributed by atoms with Crippen LogP contribution in [0.2, 0.25) is 0 Å². The van der Waals surface area contributed by atoms with E-state index < -0.39 is 0 Å². The predicted molar refractivity (Wildman–Crippen MR) is 302 cm³/mol. The van der Waals surface area contributed by atoms with E-state index in [1.54, 1.807) is 0 Å². The number of fused-ring (bicyclic) bond motifs is 9. The smallest absolute Gasteiger partial charge is 0.00264 e. The number of rotatable bonds is 6. The second kappa shape index (κ2) is 16.3. The van der Waals surface area contributed by atoms with Gasteiger partial charge in [0.05, 0.1) is 0 Å². The van der Waals surface area contributed by atoms with Gasteiger partial charge in [0, 0.05) is 0 Å². The molecule has 70 heavy (non-hydrogen) atoms. The molecule has 0 atom stereocenters. The maximum Gasteiger partial charge on any atom is -0.00264 e. The summed E-state index contributed by atoms with van der Waals surface area (Å²) in [5.74, 6) is 0. The highest BCUT2D eigenvalue weighted by atomic mass is 14.2. The lowest BCUT2D eigenvalue weighted by Gasteiger charge is -2.17. The highest BCUT2D eigenvalue weighted by molar-refractivity contribution is 6.17. The maximum atomic E-state index is 2.43. The summed E-state index contributed by atoms with van der Waals surface area (Å²) in [5, 5.41) is 17.6. The number of hydrogen-bond acceptors (Lipinski definition) is 0. The van der Waals surface area contributed by atoms with Gasteiger partial charge in [0.2, 0.25) is 0 Å². The van der Waals surface area contributed by atoms with Gasteiger partial charge in [-0.25, -0.2) is 0 Å². The Labute approximate surface area is 407 Å². The van der Waals surface area contributed by atoms with Crippen LogP contribution in [-0.4, -0.2) is 0 Å². The minimum Gasteiger partial charge on any atom is -0.0616 e. The first-order valence-corrected chi connectivity index (χ1v) is 24.3. The molecule has 0 N–H and O–H groups in total. The molecule has 0 spiro atoms. The van der Waals surface area contributed by atoms with Crippen molar-refractivity contribution in [3.05, 3.63) is 267 Å². The van der Waals surface area contributed by atoms with Crippen molar-refractivity contribution in [2.75, 3.05) is 0 Å². The Balaban J connectivity index is 0.940. The van der Waals surface area contributed by atoms with E-state index in [1.807, 2.05) is 0 Å². The van der Waals surface area contributed by atoms with E-state index in [4.69, 9.17) is 0 Å². The van der Waals surface area contributed by atoms with Crippen LogP contribution >= 0.6 is 0 Å². The summed E-state index contributed by atoms with van der Waals surface area (Å²) >= 11 is 0. The number of hydrogen-bond donors (Lipinski definition) is 0. The van der Waals surface area contributed by atoms with Crippen LogP contribution in [0.15, 0.2) is 267 Å². The van der Waals surface area contributed by atoms with E-state index in [-0.39, 0.29) is 0 Å². The molecule has 0 aliphatic carbocycles. The van der Waals surface area contributed by atoms with Gasteiger partial charge in [-0.3, -0.25) is 0 Å². The van der Waals surface area contributed by atoms with E-state index in [0.717, 1.165) is 0 Å². The molecule has 0 unspecified atom stereocenters. The van der Waals surface area contributed by atoms with Crippen LogP contribution in [-0.2, 0) is 0 Å². The highest BCUT2D eigenvalue weighted by Crippen LogP contribution is 2.44. The summed E-state index contributed by atoms with van der Waals surface area (Å²) in [6.07, 6.45) is 0. The normalized spacial score (nSPS) is 11.7. The third-order valence-electron chi connectivity index (χ3n) is 14.8. The van der Waals surface area contributed by atoms with Crippen molar-refractivity contribution in [2.24, 2.45) is 0 Å². The Morgan fingerprint density at radius 3 is 1.19 bits per heavy atom. The molecular formula is C70H44. The quantitative estimate of drug-likeness (QED) is 0.115. The van der Waals surface area contributed by atoms with Crippen molar-refractivity contribution < 1.29 is 0 Å². The second-order valence-electron chi connectivity index (χ2n) is 18.8. The summed E-state index contributed by atoms with van der Waals surface area (Å²) in [4.78, 5) is 0. The van der Waals surface area contributed by atoms with Gasteiger partial charge in [-0.1, -0.05) is 218 Å². The van der Waals surface area contributed by atoms with Gasteiger partial charge < -0.3 is 0 Å². The first-order valence-electron chi connectivity index (χ1n) is 24.3. The van der Waals surface area contributed by atoms with E-state index in [0.29, 0.717) is 0 Å². The van der Waals surface area contributed by atoms with Gasteiger partial charge in [0.25, 0.3) is 0 Å². The van der Waals surface area contributed by atoms with Gasteiger partial charge >= 0.3 is 0 Å². The fraction of sp³-hybridized carbons (Fsp3) is 0. The first kappa shape index (κ1) is 40.0. The third kappa shape index (κ3) is 6.68. The van der Waals surface area contributed by atoms with Crippen LogP contribution in [0.4, 0.5) is 0 Å². The van der Waals surface area contributed by atoms with Crippen molar-refractivity contribution >= 4 is 75.4 Å². The molecule has 0 heteroatoms. The monoisotopic (exact) mass is 884 g/mol. The van der Waals surface area contributed by atoms with Crippen molar-refractivity contribution in [2.45, 2.75) is 0 Å². The zero-order valence-corrected chi connectivity index (χ0v) is 38.4. The maximum absolute atomic E-state index is 2.43. The molecule has 14 rings (SSSR count). The molecule has 0 amide bonds. The molecule has 0 bridgehead atoms. The van der Waals surface area contributed by atoms with E-state index in [9.17, 15) is 0 Å². The molecule has 0 aliphatic rings. The summed E-state index contributed by atoms with van der Waals surface area (Å²) < 4.78 is 0.